The molecular formula is C18H21N3O3. The second-order valence-corrected chi connectivity index (χ2v) is 5.37. The molecule has 2 aromatic carbocycles. The Bertz CT molecular complexity index is 702. The molecule has 0 atom stereocenters. The van der Waals surface area contributed by atoms with Gasteiger partial charge < -0.3 is 10.1 Å². The summed E-state index contributed by atoms with van der Waals surface area (Å²) >= 11 is 0. The molecule has 0 aliphatic heterocycles. The van der Waals surface area contributed by atoms with Crippen molar-refractivity contribution in [1.82, 2.24) is 10.9 Å². The number of carbonyl (C=O) groups is 2. The number of hydrogen-bond acceptors (Lipinski definition) is 4. The minimum Gasteiger partial charge on any atom is -0.484 e. The van der Waals surface area contributed by atoms with Crippen molar-refractivity contribution in [3.63, 3.8) is 0 Å². The zero-order chi connectivity index (χ0) is 17.4. The Morgan fingerprint density at radius 3 is 2.38 bits per heavy atom. The van der Waals surface area contributed by atoms with Crippen molar-refractivity contribution in [2.45, 2.75) is 13.8 Å². The molecule has 6 nitrogen and oxygen atoms in total. The number of benzene rings is 2. The number of ether oxygens (including phenoxy) is 1. The Kier molecular flexibility index (Phi) is 6.19. The molecule has 0 aliphatic carbocycles. The van der Waals surface area contributed by atoms with Gasteiger partial charge in [0.25, 0.3) is 11.8 Å². The molecule has 126 valence electrons. The molecule has 0 aliphatic rings. The number of anilines is 1. The van der Waals surface area contributed by atoms with Gasteiger partial charge in [0.05, 0.1) is 6.54 Å². The van der Waals surface area contributed by atoms with E-state index in [-0.39, 0.29) is 19.1 Å². The second-order valence-electron chi connectivity index (χ2n) is 5.37. The second kappa shape index (κ2) is 8.57. The Morgan fingerprint density at radius 1 is 0.958 bits per heavy atom. The Labute approximate surface area is 141 Å². The van der Waals surface area contributed by atoms with Crippen LogP contribution in [0.1, 0.15) is 11.1 Å². The van der Waals surface area contributed by atoms with E-state index in [1.165, 1.54) is 0 Å². The monoisotopic (exact) mass is 327 g/mol. The summed E-state index contributed by atoms with van der Waals surface area (Å²) in [6.07, 6.45) is 0. The van der Waals surface area contributed by atoms with E-state index in [0.717, 1.165) is 16.8 Å². The Hall–Kier alpha value is -3.02. The highest BCUT2D eigenvalue weighted by molar-refractivity contribution is 5.85. The molecule has 2 amide bonds. The first-order valence-electron chi connectivity index (χ1n) is 7.61. The van der Waals surface area contributed by atoms with Crippen molar-refractivity contribution in [1.29, 1.82) is 0 Å². The average molecular weight is 327 g/mol. The predicted molar refractivity (Wildman–Crippen MR) is 92.6 cm³/mol. The van der Waals surface area contributed by atoms with Crippen LogP contribution in [0.4, 0.5) is 5.69 Å². The quantitative estimate of drug-likeness (QED) is 0.709. The summed E-state index contributed by atoms with van der Waals surface area (Å²) in [5.74, 6) is -0.183. The number of hydrazine groups is 1. The Balaban J connectivity index is 1.68. The van der Waals surface area contributed by atoms with E-state index in [4.69, 9.17) is 4.74 Å². The van der Waals surface area contributed by atoms with E-state index in [1.54, 1.807) is 12.1 Å². The van der Waals surface area contributed by atoms with E-state index in [0.29, 0.717) is 5.75 Å². The molecule has 0 spiro atoms. The first-order chi connectivity index (χ1) is 11.5. The van der Waals surface area contributed by atoms with Crippen molar-refractivity contribution in [2.24, 2.45) is 0 Å². The molecule has 3 N–H and O–H groups in total. The molecule has 6 heteroatoms. The van der Waals surface area contributed by atoms with Gasteiger partial charge in [-0.05, 0) is 37.6 Å². The third-order valence-electron chi connectivity index (χ3n) is 3.28. The van der Waals surface area contributed by atoms with Crippen LogP contribution in [0, 0.1) is 13.8 Å². The summed E-state index contributed by atoms with van der Waals surface area (Å²) in [6.45, 7) is 3.87. The van der Waals surface area contributed by atoms with Crippen LogP contribution in [0.5, 0.6) is 5.75 Å². The maximum atomic E-state index is 11.7. The summed E-state index contributed by atoms with van der Waals surface area (Å²) in [4.78, 5) is 23.4. The van der Waals surface area contributed by atoms with Gasteiger partial charge in [-0.1, -0.05) is 35.9 Å². The van der Waals surface area contributed by atoms with Gasteiger partial charge >= 0.3 is 0 Å². The molecule has 24 heavy (non-hydrogen) atoms. The van der Waals surface area contributed by atoms with Crippen molar-refractivity contribution in [3.05, 3.63) is 59.7 Å². The van der Waals surface area contributed by atoms with Crippen LogP contribution >= 0.6 is 0 Å². The number of amides is 2. The maximum absolute atomic E-state index is 11.7. The molecule has 0 unspecified atom stereocenters. The number of rotatable bonds is 6. The lowest BCUT2D eigenvalue weighted by atomic mass is 10.1. The van der Waals surface area contributed by atoms with Gasteiger partial charge in [0.2, 0.25) is 0 Å². The van der Waals surface area contributed by atoms with E-state index in [9.17, 15) is 9.59 Å². The fourth-order valence-electron chi connectivity index (χ4n) is 2.07. The molecule has 2 aromatic rings. The largest absolute Gasteiger partial charge is 0.484 e. The SMILES string of the molecule is Cc1ccc(NCC(=O)NNC(=O)COc2ccccc2)c(C)c1. The third kappa shape index (κ3) is 5.64. The lowest BCUT2D eigenvalue weighted by Crippen LogP contribution is -2.46. The number of para-hydroxylation sites is 1. The summed E-state index contributed by atoms with van der Waals surface area (Å²) in [5.41, 5.74) is 7.75. The van der Waals surface area contributed by atoms with Gasteiger partial charge in [-0.2, -0.15) is 0 Å². The zero-order valence-corrected chi connectivity index (χ0v) is 13.8. The standard InChI is InChI=1S/C18H21N3O3/c1-13-8-9-16(14(2)10-13)19-11-17(22)20-21-18(23)12-24-15-6-4-3-5-7-15/h3-10,19H,11-12H2,1-2H3,(H,20,22)(H,21,23). The lowest BCUT2D eigenvalue weighted by molar-refractivity contribution is -0.129. The van der Waals surface area contributed by atoms with Crippen molar-refractivity contribution in [2.75, 3.05) is 18.5 Å². The topological polar surface area (TPSA) is 79.5 Å². The van der Waals surface area contributed by atoms with Crippen LogP contribution in [-0.4, -0.2) is 25.0 Å². The van der Waals surface area contributed by atoms with Crippen molar-refractivity contribution >= 4 is 17.5 Å². The molecule has 0 fully saturated rings. The summed E-state index contributed by atoms with van der Waals surface area (Å²) < 4.78 is 5.28. The summed E-state index contributed by atoms with van der Waals surface area (Å²) in [5, 5.41) is 3.03. The summed E-state index contributed by atoms with van der Waals surface area (Å²) in [7, 11) is 0. The molecule has 0 saturated carbocycles. The van der Waals surface area contributed by atoms with E-state index >= 15 is 0 Å². The fourth-order valence-corrected chi connectivity index (χ4v) is 2.07. The smallest absolute Gasteiger partial charge is 0.276 e. The molecule has 0 saturated heterocycles. The maximum Gasteiger partial charge on any atom is 0.276 e. The van der Waals surface area contributed by atoms with Crippen molar-refractivity contribution < 1.29 is 14.3 Å². The van der Waals surface area contributed by atoms with Crippen LogP contribution in [-0.2, 0) is 9.59 Å². The number of carbonyl (C=O) groups excluding carboxylic acids is 2. The lowest BCUT2D eigenvalue weighted by Gasteiger charge is -2.11. The molecule has 0 heterocycles. The van der Waals surface area contributed by atoms with Crippen molar-refractivity contribution in [3.8, 4) is 5.75 Å². The van der Waals surface area contributed by atoms with Crippen LogP contribution in [0.3, 0.4) is 0 Å². The minimum atomic E-state index is -0.432. The van der Waals surface area contributed by atoms with Gasteiger partial charge in [0, 0.05) is 5.69 Å². The van der Waals surface area contributed by atoms with Gasteiger partial charge in [-0.25, -0.2) is 0 Å². The predicted octanol–water partition coefficient (Wildman–Crippen LogP) is 1.94. The molecule has 2 rings (SSSR count). The van der Waals surface area contributed by atoms with Gasteiger partial charge in [0.15, 0.2) is 6.61 Å². The van der Waals surface area contributed by atoms with Crippen LogP contribution in [0.2, 0.25) is 0 Å². The first-order valence-corrected chi connectivity index (χ1v) is 7.61. The molecule has 0 bridgehead atoms. The molecule has 0 radical (unpaired) electrons. The Morgan fingerprint density at radius 2 is 1.67 bits per heavy atom. The third-order valence-corrected chi connectivity index (χ3v) is 3.28. The number of hydrogen-bond donors (Lipinski definition) is 3. The fraction of sp³-hybridized carbons (Fsp3) is 0.222. The van der Waals surface area contributed by atoms with E-state index < -0.39 is 5.91 Å². The highest BCUT2D eigenvalue weighted by atomic mass is 16.5. The highest BCUT2D eigenvalue weighted by Crippen LogP contribution is 2.15. The first kappa shape index (κ1) is 17.3. The molecular weight excluding hydrogens is 306 g/mol. The highest BCUT2D eigenvalue weighted by Gasteiger charge is 2.06. The zero-order valence-electron chi connectivity index (χ0n) is 13.8. The van der Waals surface area contributed by atoms with E-state index in [2.05, 4.69) is 16.2 Å². The van der Waals surface area contributed by atoms with Crippen LogP contribution in [0.25, 0.3) is 0 Å². The van der Waals surface area contributed by atoms with Gasteiger partial charge in [-0.15, -0.1) is 0 Å². The normalized spacial score (nSPS) is 9.92. The number of aryl methyl sites for hydroxylation is 2. The minimum absolute atomic E-state index is 0.0592. The van der Waals surface area contributed by atoms with E-state index in [1.807, 2.05) is 50.2 Å². The summed E-state index contributed by atoms with van der Waals surface area (Å²) in [6, 6.07) is 14.9. The van der Waals surface area contributed by atoms with Gasteiger partial charge in [0.1, 0.15) is 5.75 Å². The molecule has 0 aromatic heterocycles. The van der Waals surface area contributed by atoms with Crippen LogP contribution in [0.15, 0.2) is 48.5 Å². The average Bonchev–Trinajstić information content (AvgIpc) is 2.58. The number of nitrogens with one attached hydrogen (secondary N) is 3. The van der Waals surface area contributed by atoms with Gasteiger partial charge in [-0.3, -0.25) is 20.4 Å². The van der Waals surface area contributed by atoms with Crippen LogP contribution < -0.4 is 20.9 Å².